The van der Waals surface area contributed by atoms with Gasteiger partial charge in [0.05, 0.1) is 15.1 Å². The quantitative estimate of drug-likeness (QED) is 0.421. The summed E-state index contributed by atoms with van der Waals surface area (Å²) in [6.45, 7) is 4.36. The average Bonchev–Trinajstić information content (AvgIpc) is 3.41. The summed E-state index contributed by atoms with van der Waals surface area (Å²) in [6, 6.07) is 13.8. The van der Waals surface area contributed by atoms with Crippen LogP contribution in [0.1, 0.15) is 24.2 Å². The van der Waals surface area contributed by atoms with Crippen molar-refractivity contribution in [1.29, 1.82) is 0 Å². The minimum Gasteiger partial charge on any atom is -0.298 e. The lowest BCUT2D eigenvalue weighted by Gasteiger charge is -2.18. The van der Waals surface area contributed by atoms with Crippen LogP contribution in [-0.2, 0) is 10.0 Å². The molecule has 0 aliphatic rings. The van der Waals surface area contributed by atoms with Crippen molar-refractivity contribution in [1.82, 2.24) is 14.3 Å². The van der Waals surface area contributed by atoms with Crippen LogP contribution >= 0.6 is 22.7 Å². The van der Waals surface area contributed by atoms with Crippen LogP contribution < -0.4 is 5.32 Å². The number of nitrogens with zero attached hydrogens (tertiary/aromatic N) is 3. The van der Waals surface area contributed by atoms with Crippen molar-refractivity contribution in [2.75, 3.05) is 18.4 Å². The lowest BCUT2D eigenvalue weighted by Crippen LogP contribution is -2.30. The Morgan fingerprint density at radius 2 is 1.74 bits per heavy atom. The normalized spacial score (nSPS) is 11.8. The van der Waals surface area contributed by atoms with Gasteiger partial charge in [0.1, 0.15) is 10.7 Å². The highest BCUT2D eigenvalue weighted by atomic mass is 32.2. The second-order valence-electron chi connectivity index (χ2n) is 6.59. The zero-order valence-corrected chi connectivity index (χ0v) is 19.4. The third kappa shape index (κ3) is 4.38. The van der Waals surface area contributed by atoms with E-state index in [2.05, 4.69) is 15.3 Å². The van der Waals surface area contributed by atoms with Crippen LogP contribution in [0.25, 0.3) is 20.9 Å². The van der Waals surface area contributed by atoms with Crippen molar-refractivity contribution in [2.45, 2.75) is 18.7 Å². The van der Waals surface area contributed by atoms with Crippen molar-refractivity contribution >= 4 is 54.0 Å². The molecule has 0 saturated carbocycles. The first-order valence-corrected chi connectivity index (χ1v) is 12.8. The van der Waals surface area contributed by atoms with Gasteiger partial charge in [0.25, 0.3) is 5.91 Å². The molecule has 2 heterocycles. The van der Waals surface area contributed by atoms with E-state index in [0.717, 1.165) is 15.2 Å². The number of hydrogen-bond acceptors (Lipinski definition) is 7. The molecule has 1 N–H and O–H groups in total. The Labute approximate surface area is 188 Å². The highest BCUT2D eigenvalue weighted by Gasteiger charge is 2.22. The van der Waals surface area contributed by atoms with Gasteiger partial charge in [-0.1, -0.05) is 26.0 Å². The zero-order chi connectivity index (χ0) is 22.0. The monoisotopic (exact) mass is 472 g/mol. The van der Waals surface area contributed by atoms with E-state index in [-0.39, 0.29) is 10.8 Å². The van der Waals surface area contributed by atoms with E-state index in [1.54, 1.807) is 25.2 Å². The molecule has 0 unspecified atom stereocenters. The number of thiazole rings is 2. The van der Waals surface area contributed by atoms with Gasteiger partial charge in [-0.15, -0.1) is 22.7 Å². The number of benzene rings is 2. The fourth-order valence-electron chi connectivity index (χ4n) is 3.07. The van der Waals surface area contributed by atoms with Gasteiger partial charge in [0.15, 0.2) is 5.13 Å². The van der Waals surface area contributed by atoms with Crippen molar-refractivity contribution in [3.63, 3.8) is 0 Å². The van der Waals surface area contributed by atoms with Crippen molar-refractivity contribution in [2.24, 2.45) is 0 Å². The molecule has 0 aliphatic carbocycles. The Kier molecular flexibility index (Phi) is 6.15. The van der Waals surface area contributed by atoms with Gasteiger partial charge in [0, 0.05) is 24.0 Å². The first-order valence-electron chi connectivity index (χ1n) is 9.65. The molecule has 7 nitrogen and oxygen atoms in total. The summed E-state index contributed by atoms with van der Waals surface area (Å²) < 4.78 is 27.6. The van der Waals surface area contributed by atoms with Crippen LogP contribution in [0.4, 0.5) is 5.13 Å². The van der Waals surface area contributed by atoms with Crippen LogP contribution in [-0.4, -0.2) is 41.7 Å². The molecule has 10 heteroatoms. The molecule has 31 heavy (non-hydrogen) atoms. The first kappa shape index (κ1) is 21.6. The number of nitrogens with one attached hydrogen (secondary N) is 1. The first-order chi connectivity index (χ1) is 14.9. The summed E-state index contributed by atoms with van der Waals surface area (Å²) in [5.41, 5.74) is 1.98. The smallest absolute Gasteiger partial charge is 0.257 e. The molecule has 0 aliphatic heterocycles. The number of hydrogen-bond donors (Lipinski definition) is 1. The Balaban J connectivity index is 1.49. The third-order valence-electron chi connectivity index (χ3n) is 4.70. The number of fused-ring (bicyclic) bond motifs is 1. The minimum atomic E-state index is -3.56. The summed E-state index contributed by atoms with van der Waals surface area (Å²) >= 11 is 2.86. The van der Waals surface area contributed by atoms with Gasteiger partial charge in [-0.25, -0.2) is 18.4 Å². The van der Waals surface area contributed by atoms with Gasteiger partial charge in [0.2, 0.25) is 10.0 Å². The summed E-state index contributed by atoms with van der Waals surface area (Å²) in [6.07, 6.45) is 0. The molecule has 2 aromatic heterocycles. The summed E-state index contributed by atoms with van der Waals surface area (Å²) in [4.78, 5) is 21.8. The number of sulfonamides is 1. The number of aromatic nitrogens is 2. The van der Waals surface area contributed by atoms with E-state index in [9.17, 15) is 13.2 Å². The van der Waals surface area contributed by atoms with Crippen LogP contribution in [0.3, 0.4) is 0 Å². The largest absolute Gasteiger partial charge is 0.298 e. The number of rotatable bonds is 7. The van der Waals surface area contributed by atoms with Gasteiger partial charge in [-0.05, 0) is 36.4 Å². The molecule has 4 rings (SSSR count). The minimum absolute atomic E-state index is 0.167. The predicted octanol–water partition coefficient (Wildman–Crippen LogP) is 4.70. The number of amides is 1. The zero-order valence-electron chi connectivity index (χ0n) is 16.9. The molecule has 4 aromatic rings. The van der Waals surface area contributed by atoms with E-state index in [0.29, 0.717) is 29.5 Å². The molecular formula is C21H20N4O3S3. The van der Waals surface area contributed by atoms with Crippen molar-refractivity contribution < 1.29 is 13.2 Å². The molecule has 0 spiro atoms. The summed E-state index contributed by atoms with van der Waals surface area (Å²) in [5, 5.41) is 5.88. The van der Waals surface area contributed by atoms with E-state index in [4.69, 9.17) is 0 Å². The summed E-state index contributed by atoms with van der Waals surface area (Å²) in [5.74, 6) is -0.350. The Bertz CT molecular complexity index is 1290. The highest BCUT2D eigenvalue weighted by molar-refractivity contribution is 7.89. The van der Waals surface area contributed by atoms with Crippen LogP contribution in [0.5, 0.6) is 0 Å². The molecule has 2 aromatic carbocycles. The number of carbonyl (C=O) groups is 1. The number of carbonyl (C=O) groups excluding carboxylic acids is 1. The lowest BCUT2D eigenvalue weighted by molar-refractivity contribution is 0.102. The van der Waals surface area contributed by atoms with Crippen LogP contribution in [0, 0.1) is 0 Å². The predicted molar refractivity (Wildman–Crippen MR) is 125 cm³/mol. The molecule has 0 fully saturated rings. The maximum Gasteiger partial charge on any atom is 0.257 e. The molecule has 0 atom stereocenters. The van der Waals surface area contributed by atoms with Crippen molar-refractivity contribution in [3.05, 3.63) is 59.5 Å². The topological polar surface area (TPSA) is 92.3 Å². The molecule has 0 radical (unpaired) electrons. The maximum absolute atomic E-state index is 12.6. The second kappa shape index (κ2) is 8.83. The molecule has 0 bridgehead atoms. The Hall–Kier alpha value is -2.66. The molecular weight excluding hydrogens is 452 g/mol. The Morgan fingerprint density at radius 3 is 2.42 bits per heavy atom. The van der Waals surface area contributed by atoms with Gasteiger partial charge in [-0.2, -0.15) is 4.31 Å². The maximum atomic E-state index is 12.6. The van der Waals surface area contributed by atoms with E-state index in [1.807, 2.05) is 29.6 Å². The van der Waals surface area contributed by atoms with Crippen LogP contribution in [0.15, 0.2) is 58.8 Å². The highest BCUT2D eigenvalue weighted by Crippen LogP contribution is 2.32. The Morgan fingerprint density at radius 1 is 1.03 bits per heavy atom. The van der Waals surface area contributed by atoms with E-state index < -0.39 is 10.0 Å². The van der Waals surface area contributed by atoms with Gasteiger partial charge >= 0.3 is 0 Å². The molecule has 1 amide bonds. The average molecular weight is 473 g/mol. The van der Waals surface area contributed by atoms with Gasteiger partial charge in [-0.3, -0.25) is 10.1 Å². The lowest BCUT2D eigenvalue weighted by atomic mass is 10.2. The number of para-hydroxylation sites is 1. The molecule has 160 valence electrons. The van der Waals surface area contributed by atoms with E-state index >= 15 is 0 Å². The fraction of sp³-hybridized carbons (Fsp3) is 0.190. The van der Waals surface area contributed by atoms with Crippen LogP contribution in [0.2, 0.25) is 0 Å². The third-order valence-corrected chi connectivity index (χ3v) is 8.58. The fourth-order valence-corrected chi connectivity index (χ4v) is 6.22. The standard InChI is InChI=1S/C21H20N4O3S3/c1-3-25(4-2)31(27,28)15-11-9-14(10-12-15)19(26)24-21-23-17(13-29-21)20-22-16-7-5-6-8-18(16)30-20/h5-13H,3-4H2,1-2H3,(H,23,24,26). The SMILES string of the molecule is CCN(CC)S(=O)(=O)c1ccc(C(=O)Nc2nc(-c3nc4ccccc4s3)cs2)cc1. The van der Waals surface area contributed by atoms with Crippen molar-refractivity contribution in [3.8, 4) is 10.7 Å². The van der Waals surface area contributed by atoms with E-state index in [1.165, 1.54) is 39.9 Å². The molecule has 0 saturated heterocycles. The summed E-state index contributed by atoms with van der Waals surface area (Å²) in [7, 11) is -3.56. The second-order valence-corrected chi connectivity index (χ2v) is 10.4. The van der Waals surface area contributed by atoms with Gasteiger partial charge < -0.3 is 0 Å². The number of anilines is 1.